The van der Waals surface area contributed by atoms with Crippen LogP contribution in [0.15, 0.2) is 48.2 Å². The Hall–Kier alpha value is -2.07. The molecule has 2 aromatic heterocycles. The maximum Gasteiger partial charge on any atom is 0.206 e. The van der Waals surface area contributed by atoms with Crippen molar-refractivity contribution < 1.29 is 4.79 Å². The second-order valence-electron chi connectivity index (χ2n) is 3.58. The van der Waals surface area contributed by atoms with Crippen LogP contribution in [0.25, 0.3) is 10.9 Å². The second-order valence-corrected chi connectivity index (χ2v) is 4.46. The molecule has 1 aromatic carbocycles. The summed E-state index contributed by atoms with van der Waals surface area (Å²) in [5, 5.41) is 0.975. The molecule has 0 atom stereocenters. The fourth-order valence-electron chi connectivity index (χ4n) is 1.75. The first-order valence-corrected chi connectivity index (χ1v) is 6.01. The predicted octanol–water partition coefficient (Wildman–Crippen LogP) is 2.92. The lowest BCUT2D eigenvalue weighted by atomic mass is 10.1. The van der Waals surface area contributed by atoms with Crippen molar-refractivity contribution in [1.82, 2.24) is 9.97 Å². The van der Waals surface area contributed by atoms with Gasteiger partial charge >= 0.3 is 0 Å². The quantitative estimate of drug-likeness (QED) is 0.647. The third-order valence-electron chi connectivity index (χ3n) is 2.53. The number of hydrogen-bond acceptors (Lipinski definition) is 4. The Bertz CT molecular complexity index is 671. The van der Waals surface area contributed by atoms with Gasteiger partial charge in [0.25, 0.3) is 0 Å². The molecule has 3 nitrogen and oxygen atoms in total. The van der Waals surface area contributed by atoms with Crippen LogP contribution in [0.4, 0.5) is 0 Å². The van der Waals surface area contributed by atoms with Crippen LogP contribution in [-0.2, 0) is 0 Å². The number of para-hydroxylation sites is 1. The number of ketones is 1. The highest BCUT2D eigenvalue weighted by Crippen LogP contribution is 2.20. The maximum absolute atomic E-state index is 12.3. The van der Waals surface area contributed by atoms with Crippen molar-refractivity contribution in [2.24, 2.45) is 0 Å². The fraction of sp³-hybridized carbons (Fsp3) is 0. The number of hydrogen-bond donors (Lipinski definition) is 0. The van der Waals surface area contributed by atoms with E-state index in [-0.39, 0.29) is 5.78 Å². The SMILES string of the molecule is O=C(c1cncs1)c1cccc2cccnc12. The average molecular weight is 240 g/mol. The van der Waals surface area contributed by atoms with Gasteiger partial charge in [0.05, 0.1) is 15.9 Å². The summed E-state index contributed by atoms with van der Waals surface area (Å²) in [4.78, 5) is 21.1. The average Bonchev–Trinajstić information content (AvgIpc) is 2.91. The minimum absolute atomic E-state index is 0.0169. The van der Waals surface area contributed by atoms with Crippen molar-refractivity contribution in [2.45, 2.75) is 0 Å². The Balaban J connectivity index is 2.21. The summed E-state index contributed by atoms with van der Waals surface area (Å²) in [5.41, 5.74) is 3.03. The molecule has 0 aliphatic heterocycles. The Morgan fingerprint density at radius 3 is 2.88 bits per heavy atom. The van der Waals surface area contributed by atoms with Gasteiger partial charge in [-0.15, -0.1) is 11.3 Å². The third kappa shape index (κ3) is 1.72. The Morgan fingerprint density at radius 2 is 2.06 bits per heavy atom. The Labute approximate surface area is 102 Å². The van der Waals surface area contributed by atoms with E-state index >= 15 is 0 Å². The van der Waals surface area contributed by atoms with Gasteiger partial charge in [0.15, 0.2) is 0 Å². The molecule has 0 fully saturated rings. The number of fused-ring (bicyclic) bond motifs is 1. The molecular formula is C13H8N2OS. The molecule has 4 heteroatoms. The molecule has 0 saturated carbocycles. The van der Waals surface area contributed by atoms with E-state index in [4.69, 9.17) is 0 Å². The fourth-order valence-corrected chi connectivity index (χ4v) is 2.32. The van der Waals surface area contributed by atoms with Crippen molar-refractivity contribution in [3.05, 3.63) is 58.7 Å². The molecule has 3 aromatic rings. The van der Waals surface area contributed by atoms with Crippen LogP contribution in [0.2, 0.25) is 0 Å². The zero-order chi connectivity index (χ0) is 11.7. The monoisotopic (exact) mass is 240 g/mol. The number of carbonyl (C=O) groups is 1. The van der Waals surface area contributed by atoms with E-state index in [2.05, 4.69) is 9.97 Å². The summed E-state index contributed by atoms with van der Waals surface area (Å²) in [6, 6.07) is 9.44. The molecule has 0 N–H and O–H groups in total. The summed E-state index contributed by atoms with van der Waals surface area (Å²) in [5.74, 6) is -0.0169. The molecule has 0 spiro atoms. The first-order valence-electron chi connectivity index (χ1n) is 5.13. The molecule has 0 bridgehead atoms. The van der Waals surface area contributed by atoms with Crippen LogP contribution >= 0.6 is 11.3 Å². The molecule has 0 amide bonds. The van der Waals surface area contributed by atoms with Gasteiger partial charge in [0, 0.05) is 23.3 Å². The zero-order valence-corrected chi connectivity index (χ0v) is 9.65. The Morgan fingerprint density at radius 1 is 1.18 bits per heavy atom. The van der Waals surface area contributed by atoms with Gasteiger partial charge in [-0.1, -0.05) is 18.2 Å². The van der Waals surface area contributed by atoms with E-state index in [1.54, 1.807) is 24.0 Å². The minimum atomic E-state index is -0.0169. The predicted molar refractivity (Wildman–Crippen MR) is 67.3 cm³/mol. The summed E-state index contributed by atoms with van der Waals surface area (Å²) < 4.78 is 0. The zero-order valence-electron chi connectivity index (χ0n) is 8.83. The van der Waals surface area contributed by atoms with Crippen LogP contribution < -0.4 is 0 Å². The summed E-state index contributed by atoms with van der Waals surface area (Å²) in [6.07, 6.45) is 3.29. The molecule has 0 unspecified atom stereocenters. The van der Waals surface area contributed by atoms with E-state index in [9.17, 15) is 4.79 Å². The standard InChI is InChI=1S/C13H8N2OS/c16-13(11-7-14-8-17-11)10-5-1-3-9-4-2-6-15-12(9)10/h1-8H. The molecule has 0 radical (unpaired) electrons. The van der Waals surface area contributed by atoms with Gasteiger partial charge in [0.2, 0.25) is 5.78 Å². The molecular weight excluding hydrogens is 232 g/mol. The topological polar surface area (TPSA) is 42.9 Å². The first kappa shape index (κ1) is 10.1. The molecule has 0 aliphatic carbocycles. The van der Waals surface area contributed by atoms with Crippen LogP contribution in [0.1, 0.15) is 15.2 Å². The van der Waals surface area contributed by atoms with Crippen LogP contribution in [-0.4, -0.2) is 15.8 Å². The Kier molecular flexibility index (Phi) is 2.42. The molecule has 0 saturated heterocycles. The molecule has 0 aliphatic rings. The third-order valence-corrected chi connectivity index (χ3v) is 3.31. The number of nitrogens with zero attached hydrogens (tertiary/aromatic N) is 2. The van der Waals surface area contributed by atoms with E-state index in [1.807, 2.05) is 24.3 Å². The highest BCUT2D eigenvalue weighted by molar-refractivity contribution is 7.12. The summed E-state index contributed by atoms with van der Waals surface area (Å²) in [7, 11) is 0. The van der Waals surface area contributed by atoms with Crippen molar-refractivity contribution >= 4 is 28.0 Å². The number of benzene rings is 1. The van der Waals surface area contributed by atoms with Crippen molar-refractivity contribution in [1.29, 1.82) is 0 Å². The van der Waals surface area contributed by atoms with E-state index in [0.29, 0.717) is 10.4 Å². The molecule has 3 rings (SSSR count). The highest BCUT2D eigenvalue weighted by atomic mass is 32.1. The van der Waals surface area contributed by atoms with Crippen LogP contribution in [0.5, 0.6) is 0 Å². The van der Waals surface area contributed by atoms with E-state index in [1.165, 1.54) is 11.3 Å². The lowest BCUT2D eigenvalue weighted by Crippen LogP contribution is -2.00. The minimum Gasteiger partial charge on any atom is -0.288 e. The van der Waals surface area contributed by atoms with Crippen molar-refractivity contribution in [2.75, 3.05) is 0 Å². The van der Waals surface area contributed by atoms with Crippen LogP contribution in [0, 0.1) is 0 Å². The van der Waals surface area contributed by atoms with Gasteiger partial charge in [0.1, 0.15) is 0 Å². The lowest BCUT2D eigenvalue weighted by Gasteiger charge is -2.02. The number of rotatable bonds is 2. The normalized spacial score (nSPS) is 10.6. The summed E-state index contributed by atoms with van der Waals surface area (Å²) >= 11 is 1.35. The van der Waals surface area contributed by atoms with E-state index < -0.39 is 0 Å². The first-order chi connectivity index (χ1) is 8.36. The van der Waals surface area contributed by atoms with Crippen molar-refractivity contribution in [3.63, 3.8) is 0 Å². The number of aromatic nitrogens is 2. The summed E-state index contributed by atoms with van der Waals surface area (Å²) in [6.45, 7) is 0. The van der Waals surface area contributed by atoms with Crippen molar-refractivity contribution in [3.8, 4) is 0 Å². The molecule has 17 heavy (non-hydrogen) atoms. The lowest BCUT2D eigenvalue weighted by molar-refractivity contribution is 0.104. The van der Waals surface area contributed by atoms with E-state index in [0.717, 1.165) is 10.9 Å². The van der Waals surface area contributed by atoms with Gasteiger partial charge < -0.3 is 0 Å². The molecule has 82 valence electrons. The second kappa shape index (κ2) is 4.07. The number of pyridine rings is 1. The van der Waals surface area contributed by atoms with Gasteiger partial charge in [-0.25, -0.2) is 0 Å². The molecule has 2 heterocycles. The maximum atomic E-state index is 12.3. The van der Waals surface area contributed by atoms with Crippen LogP contribution in [0.3, 0.4) is 0 Å². The van der Waals surface area contributed by atoms with Gasteiger partial charge in [-0.3, -0.25) is 14.8 Å². The highest BCUT2D eigenvalue weighted by Gasteiger charge is 2.14. The number of carbonyl (C=O) groups excluding carboxylic acids is 1. The number of thiazole rings is 1. The largest absolute Gasteiger partial charge is 0.288 e. The smallest absolute Gasteiger partial charge is 0.206 e. The van der Waals surface area contributed by atoms with Gasteiger partial charge in [-0.2, -0.15) is 0 Å². The van der Waals surface area contributed by atoms with Gasteiger partial charge in [-0.05, 0) is 12.1 Å².